The van der Waals surface area contributed by atoms with Gasteiger partial charge in [-0.2, -0.15) is 0 Å². The molecule has 0 aromatic carbocycles. The number of hydrogen-bond acceptors (Lipinski definition) is 3. The van der Waals surface area contributed by atoms with E-state index in [4.69, 9.17) is 5.73 Å². The Morgan fingerprint density at radius 1 is 1.89 bits per heavy atom. The Morgan fingerprint density at radius 2 is 2.56 bits per heavy atom. The summed E-state index contributed by atoms with van der Waals surface area (Å²) in [5.74, 6) is 0. The first-order chi connectivity index (χ1) is 4.31. The fourth-order valence-electron chi connectivity index (χ4n) is 0.282. The first-order valence-corrected chi connectivity index (χ1v) is 2.49. The summed E-state index contributed by atoms with van der Waals surface area (Å²) in [6, 6.07) is 0. The molecule has 0 radical (unpaired) electrons. The van der Waals surface area contributed by atoms with Crippen LogP contribution in [0.4, 0.5) is 4.79 Å². The van der Waals surface area contributed by atoms with Crippen molar-refractivity contribution in [1.29, 1.82) is 0 Å². The van der Waals surface area contributed by atoms with Crippen LogP contribution in [0.25, 0.3) is 0 Å². The molecule has 0 spiro atoms. The molecule has 0 bridgehead atoms. The maximum Gasteiger partial charge on any atom is 0.407 e. The molecule has 0 aromatic heterocycles. The molecule has 0 saturated heterocycles. The van der Waals surface area contributed by atoms with Crippen molar-refractivity contribution in [2.24, 2.45) is 5.73 Å². The third kappa shape index (κ3) is 4.67. The molecule has 9 heavy (non-hydrogen) atoms. The number of carbonyl (C=O) groups excluding carboxylic acids is 1. The van der Waals surface area contributed by atoms with Crippen molar-refractivity contribution in [3.05, 3.63) is 12.3 Å². The lowest BCUT2D eigenvalue weighted by molar-refractivity contribution is 0.172. The van der Waals surface area contributed by atoms with Crippen molar-refractivity contribution < 1.29 is 9.53 Å². The van der Waals surface area contributed by atoms with Gasteiger partial charge in [-0.25, -0.2) is 4.79 Å². The van der Waals surface area contributed by atoms with Crippen LogP contribution in [0.1, 0.15) is 0 Å². The monoisotopic (exact) mass is 130 g/mol. The van der Waals surface area contributed by atoms with Gasteiger partial charge in [-0.1, -0.05) is 0 Å². The first kappa shape index (κ1) is 7.81. The summed E-state index contributed by atoms with van der Waals surface area (Å²) in [7, 11) is 1.31. The van der Waals surface area contributed by atoms with Crippen LogP contribution in [-0.2, 0) is 4.74 Å². The largest absolute Gasteiger partial charge is 0.453 e. The number of carbonyl (C=O) groups is 1. The maximum absolute atomic E-state index is 10.3. The summed E-state index contributed by atoms with van der Waals surface area (Å²) in [6.07, 6.45) is 2.51. The van der Waals surface area contributed by atoms with Crippen molar-refractivity contribution >= 4 is 6.09 Å². The Bertz CT molecular complexity index is 112. The number of ether oxygens (including phenoxy) is 1. The average Bonchev–Trinajstić information content (AvgIpc) is 1.89. The lowest BCUT2D eigenvalue weighted by atomic mass is 10.6. The van der Waals surface area contributed by atoms with Crippen LogP contribution in [0.2, 0.25) is 0 Å². The molecular weight excluding hydrogens is 120 g/mol. The Labute approximate surface area is 53.7 Å². The van der Waals surface area contributed by atoms with Gasteiger partial charge in [0.2, 0.25) is 0 Å². The van der Waals surface area contributed by atoms with E-state index in [0.717, 1.165) is 0 Å². The number of amides is 1. The zero-order valence-corrected chi connectivity index (χ0v) is 5.26. The molecule has 4 nitrogen and oxygen atoms in total. The van der Waals surface area contributed by atoms with Gasteiger partial charge in [0.25, 0.3) is 0 Å². The summed E-state index contributed by atoms with van der Waals surface area (Å²) in [5, 5.41) is 2.41. The van der Waals surface area contributed by atoms with Crippen molar-refractivity contribution in [3.8, 4) is 0 Å². The second-order valence-electron chi connectivity index (χ2n) is 1.30. The van der Waals surface area contributed by atoms with E-state index >= 15 is 0 Å². The maximum atomic E-state index is 10.3. The smallest absolute Gasteiger partial charge is 0.407 e. The number of hydrogen-bond donors (Lipinski definition) is 2. The Morgan fingerprint density at radius 3 is 3.00 bits per heavy atom. The summed E-state index contributed by atoms with van der Waals surface area (Å²) in [5.41, 5.74) is 4.98. The Balaban J connectivity index is 3.17. The van der Waals surface area contributed by atoms with E-state index in [1.165, 1.54) is 13.3 Å². The molecule has 0 aliphatic rings. The minimum absolute atomic E-state index is 0.406. The van der Waals surface area contributed by atoms with Gasteiger partial charge in [-0.15, -0.1) is 0 Å². The summed E-state index contributed by atoms with van der Waals surface area (Å²) < 4.78 is 4.27. The normalized spacial score (nSPS) is 9.44. The molecule has 0 aliphatic carbocycles. The van der Waals surface area contributed by atoms with Crippen LogP contribution in [0.15, 0.2) is 12.3 Å². The number of nitrogens with one attached hydrogen (secondary N) is 1. The van der Waals surface area contributed by atoms with Gasteiger partial charge in [-0.05, 0) is 12.3 Å². The lowest BCUT2D eigenvalue weighted by Crippen LogP contribution is -2.22. The van der Waals surface area contributed by atoms with Crippen LogP contribution in [0, 0.1) is 0 Å². The number of alkyl carbamates (subject to hydrolysis) is 1. The van der Waals surface area contributed by atoms with Crippen molar-refractivity contribution in [1.82, 2.24) is 5.32 Å². The highest BCUT2D eigenvalue weighted by molar-refractivity contribution is 5.66. The van der Waals surface area contributed by atoms with Gasteiger partial charge in [0.05, 0.1) is 7.11 Å². The molecule has 0 aromatic rings. The van der Waals surface area contributed by atoms with Gasteiger partial charge in [0, 0.05) is 6.54 Å². The zero-order valence-electron chi connectivity index (χ0n) is 5.26. The summed E-state index contributed by atoms with van der Waals surface area (Å²) in [4.78, 5) is 10.3. The topological polar surface area (TPSA) is 64.3 Å². The third-order valence-electron chi connectivity index (χ3n) is 0.686. The van der Waals surface area contributed by atoms with Gasteiger partial charge < -0.3 is 15.8 Å². The van der Waals surface area contributed by atoms with Gasteiger partial charge >= 0.3 is 6.09 Å². The van der Waals surface area contributed by atoms with Crippen molar-refractivity contribution in [2.75, 3.05) is 13.7 Å². The van der Waals surface area contributed by atoms with Crippen LogP contribution in [0.5, 0.6) is 0 Å². The van der Waals surface area contributed by atoms with E-state index < -0.39 is 6.09 Å². The molecule has 0 rings (SSSR count). The van der Waals surface area contributed by atoms with Gasteiger partial charge in [0.1, 0.15) is 0 Å². The molecule has 0 heterocycles. The van der Waals surface area contributed by atoms with E-state index in [-0.39, 0.29) is 0 Å². The van der Waals surface area contributed by atoms with Crippen molar-refractivity contribution in [3.63, 3.8) is 0 Å². The number of nitrogens with two attached hydrogens (primary N) is 1. The van der Waals surface area contributed by atoms with E-state index in [1.54, 1.807) is 6.08 Å². The minimum Gasteiger partial charge on any atom is -0.453 e. The molecule has 52 valence electrons. The molecule has 0 saturated carbocycles. The average molecular weight is 130 g/mol. The van der Waals surface area contributed by atoms with Gasteiger partial charge in [0.15, 0.2) is 0 Å². The fourth-order valence-corrected chi connectivity index (χ4v) is 0.282. The van der Waals surface area contributed by atoms with E-state index in [2.05, 4.69) is 10.1 Å². The third-order valence-corrected chi connectivity index (χ3v) is 0.686. The molecule has 3 N–H and O–H groups in total. The zero-order chi connectivity index (χ0) is 7.11. The number of rotatable bonds is 2. The predicted octanol–water partition coefficient (Wildman–Crippen LogP) is -0.185. The molecule has 0 fully saturated rings. The fraction of sp³-hybridized carbons (Fsp3) is 0.400. The van der Waals surface area contributed by atoms with E-state index in [9.17, 15) is 4.79 Å². The summed E-state index contributed by atoms with van der Waals surface area (Å²) in [6.45, 7) is 0.406. The SMILES string of the molecule is COC(=O)NC/C=C/N. The minimum atomic E-state index is -0.451. The lowest BCUT2D eigenvalue weighted by Gasteiger charge is -1.96. The Kier molecular flexibility index (Phi) is 4.30. The van der Waals surface area contributed by atoms with Crippen LogP contribution in [-0.4, -0.2) is 19.7 Å². The van der Waals surface area contributed by atoms with E-state index in [0.29, 0.717) is 6.54 Å². The number of methoxy groups -OCH3 is 1. The first-order valence-electron chi connectivity index (χ1n) is 2.49. The molecule has 0 unspecified atom stereocenters. The van der Waals surface area contributed by atoms with Crippen molar-refractivity contribution in [2.45, 2.75) is 0 Å². The Hall–Kier alpha value is -1.19. The molecule has 0 aliphatic heterocycles. The van der Waals surface area contributed by atoms with Crippen LogP contribution < -0.4 is 11.1 Å². The molecule has 0 atom stereocenters. The predicted molar refractivity (Wildman–Crippen MR) is 33.7 cm³/mol. The highest BCUT2D eigenvalue weighted by Gasteiger charge is 1.91. The van der Waals surface area contributed by atoms with Gasteiger partial charge in [-0.3, -0.25) is 0 Å². The van der Waals surface area contributed by atoms with Crippen LogP contribution >= 0.6 is 0 Å². The summed E-state index contributed by atoms with van der Waals surface area (Å²) >= 11 is 0. The quantitative estimate of drug-likeness (QED) is 0.544. The van der Waals surface area contributed by atoms with Crippen LogP contribution in [0.3, 0.4) is 0 Å². The molecule has 1 amide bonds. The second kappa shape index (κ2) is 4.96. The molecular formula is C5H10N2O2. The molecule has 4 heteroatoms. The highest BCUT2D eigenvalue weighted by Crippen LogP contribution is 1.69. The van der Waals surface area contributed by atoms with E-state index in [1.807, 2.05) is 0 Å². The highest BCUT2D eigenvalue weighted by atomic mass is 16.5. The standard InChI is InChI=1S/C5H10N2O2/c1-9-5(8)7-4-2-3-6/h2-3H,4,6H2,1H3,(H,7,8)/b3-2+. The second-order valence-corrected chi connectivity index (χ2v) is 1.30.